The molecule has 0 radical (unpaired) electrons. The second-order valence-corrected chi connectivity index (χ2v) is 6.19. The highest BCUT2D eigenvalue weighted by Crippen LogP contribution is 2.23. The molecule has 2 aromatic rings. The molecule has 0 unspecified atom stereocenters. The van der Waals surface area contributed by atoms with Crippen molar-refractivity contribution >= 4 is 17.5 Å². The van der Waals surface area contributed by atoms with Crippen LogP contribution in [0.4, 0.5) is 5.69 Å². The van der Waals surface area contributed by atoms with Gasteiger partial charge in [-0.05, 0) is 38.0 Å². The van der Waals surface area contributed by atoms with Gasteiger partial charge in [0.05, 0.1) is 12.3 Å². The predicted molar refractivity (Wildman–Crippen MR) is 99.9 cm³/mol. The number of nitrogens with one attached hydrogen (secondary N) is 1. The Balaban J connectivity index is 1.73. The number of aromatic nitrogens is 2. The Kier molecular flexibility index (Phi) is 5.85. The molecule has 0 aliphatic carbocycles. The van der Waals surface area contributed by atoms with Crippen molar-refractivity contribution in [2.24, 2.45) is 0 Å². The van der Waals surface area contributed by atoms with Crippen molar-refractivity contribution in [2.75, 3.05) is 25.0 Å². The highest BCUT2D eigenvalue weighted by molar-refractivity contribution is 5.93. The van der Waals surface area contributed by atoms with E-state index in [1.54, 1.807) is 29.2 Å². The second kappa shape index (κ2) is 8.48. The average Bonchev–Trinajstić information content (AvgIpc) is 3.19. The van der Waals surface area contributed by atoms with E-state index in [0.717, 1.165) is 17.5 Å². The highest BCUT2D eigenvalue weighted by atomic mass is 16.5. The van der Waals surface area contributed by atoms with Crippen LogP contribution in [0.5, 0.6) is 5.75 Å². The molecule has 1 aliphatic rings. The highest BCUT2D eigenvalue weighted by Gasteiger charge is 2.21. The number of hydrogen-bond acceptors (Lipinski definition) is 5. The number of carbonyl (C=O) groups excluding carboxylic acids is 2. The molecule has 3 rings (SSSR count). The van der Waals surface area contributed by atoms with E-state index in [-0.39, 0.29) is 18.1 Å². The smallest absolute Gasteiger partial charge is 0.274 e. The molecule has 0 atom stereocenters. The molecule has 1 N–H and O–H groups in total. The zero-order valence-corrected chi connectivity index (χ0v) is 15.2. The van der Waals surface area contributed by atoms with E-state index in [1.165, 1.54) is 12.1 Å². The van der Waals surface area contributed by atoms with E-state index in [2.05, 4.69) is 10.4 Å². The first-order valence-corrected chi connectivity index (χ1v) is 8.97. The maximum absolute atomic E-state index is 12.4. The zero-order chi connectivity index (χ0) is 19.2. The topological polar surface area (TPSA) is 93.5 Å². The Morgan fingerprint density at radius 3 is 2.63 bits per heavy atom. The summed E-state index contributed by atoms with van der Waals surface area (Å²) in [5.74, 6) is -0.0995. The Labute approximate surface area is 156 Å². The number of likely N-dealkylation sites (tertiary alicyclic amines) is 1. The fourth-order valence-electron chi connectivity index (χ4n) is 2.94. The SMILES string of the molecule is CCOc1ccccc1NC(=O)Cn1nc(C(=O)N2CCCC2)ccc1=O. The molecule has 0 saturated carbocycles. The van der Waals surface area contributed by atoms with Crippen molar-refractivity contribution < 1.29 is 14.3 Å². The summed E-state index contributed by atoms with van der Waals surface area (Å²) in [5.41, 5.74) is 0.238. The molecule has 2 heterocycles. The van der Waals surface area contributed by atoms with Gasteiger partial charge in [0.25, 0.3) is 11.5 Å². The lowest BCUT2D eigenvalue weighted by atomic mass is 10.3. The molecule has 27 heavy (non-hydrogen) atoms. The summed E-state index contributed by atoms with van der Waals surface area (Å²) in [6, 6.07) is 9.71. The van der Waals surface area contributed by atoms with Crippen molar-refractivity contribution in [1.82, 2.24) is 14.7 Å². The molecule has 0 spiro atoms. The fraction of sp³-hybridized carbons (Fsp3) is 0.368. The predicted octanol–water partition coefficient (Wildman–Crippen LogP) is 1.52. The molecule has 8 nitrogen and oxygen atoms in total. The molecule has 2 amide bonds. The van der Waals surface area contributed by atoms with Gasteiger partial charge in [-0.2, -0.15) is 5.10 Å². The van der Waals surface area contributed by atoms with E-state index in [0.29, 0.717) is 31.1 Å². The van der Waals surface area contributed by atoms with Crippen LogP contribution in [-0.2, 0) is 11.3 Å². The minimum atomic E-state index is -0.443. The van der Waals surface area contributed by atoms with Gasteiger partial charge in [0, 0.05) is 19.2 Å². The minimum Gasteiger partial charge on any atom is -0.492 e. The molecule has 1 saturated heterocycles. The molecule has 0 bridgehead atoms. The van der Waals surface area contributed by atoms with Gasteiger partial charge in [-0.25, -0.2) is 4.68 Å². The molecule has 1 aromatic heterocycles. The Morgan fingerprint density at radius 1 is 1.15 bits per heavy atom. The van der Waals surface area contributed by atoms with Gasteiger partial charge in [-0.1, -0.05) is 12.1 Å². The van der Waals surface area contributed by atoms with Crippen LogP contribution in [0.2, 0.25) is 0 Å². The summed E-state index contributed by atoms with van der Waals surface area (Å²) in [5, 5.41) is 6.79. The van der Waals surface area contributed by atoms with Crippen molar-refractivity contribution in [1.29, 1.82) is 0 Å². The molecule has 142 valence electrons. The molecule has 1 aromatic carbocycles. The van der Waals surface area contributed by atoms with Gasteiger partial charge >= 0.3 is 0 Å². The summed E-state index contributed by atoms with van der Waals surface area (Å²) in [7, 11) is 0. The van der Waals surface area contributed by atoms with Gasteiger partial charge < -0.3 is 15.0 Å². The molecular weight excluding hydrogens is 348 g/mol. The van der Waals surface area contributed by atoms with Gasteiger partial charge in [0.2, 0.25) is 5.91 Å². The van der Waals surface area contributed by atoms with Crippen LogP contribution in [-0.4, -0.2) is 46.2 Å². The first kappa shape index (κ1) is 18.6. The number of ether oxygens (including phenoxy) is 1. The maximum atomic E-state index is 12.4. The molecular formula is C19H22N4O4. The lowest BCUT2D eigenvalue weighted by Crippen LogP contribution is -2.34. The van der Waals surface area contributed by atoms with E-state index in [1.807, 2.05) is 6.92 Å². The third-order valence-electron chi connectivity index (χ3n) is 4.23. The standard InChI is InChI=1S/C19H22N4O4/c1-2-27-16-8-4-3-7-14(16)20-17(24)13-23-18(25)10-9-15(21-23)19(26)22-11-5-6-12-22/h3-4,7-10H,2,5-6,11-13H2,1H3,(H,20,24). The largest absolute Gasteiger partial charge is 0.492 e. The molecule has 1 aliphatic heterocycles. The van der Waals surface area contributed by atoms with Gasteiger partial charge in [-0.3, -0.25) is 14.4 Å². The third kappa shape index (κ3) is 4.52. The van der Waals surface area contributed by atoms with Gasteiger partial charge in [-0.15, -0.1) is 0 Å². The van der Waals surface area contributed by atoms with Crippen LogP contribution in [0.1, 0.15) is 30.3 Å². The normalized spacial score (nSPS) is 13.4. The summed E-state index contributed by atoms with van der Waals surface area (Å²) in [4.78, 5) is 38.5. The van der Waals surface area contributed by atoms with Crippen molar-refractivity contribution in [3.05, 3.63) is 52.4 Å². The van der Waals surface area contributed by atoms with Crippen molar-refractivity contribution in [3.8, 4) is 5.75 Å². The number of para-hydroxylation sites is 2. The van der Waals surface area contributed by atoms with Crippen LogP contribution in [0, 0.1) is 0 Å². The molecule has 1 fully saturated rings. The first-order chi connectivity index (χ1) is 13.1. The number of anilines is 1. The van der Waals surface area contributed by atoms with Crippen LogP contribution in [0.25, 0.3) is 0 Å². The third-order valence-corrected chi connectivity index (χ3v) is 4.23. The van der Waals surface area contributed by atoms with Crippen molar-refractivity contribution in [3.63, 3.8) is 0 Å². The Bertz CT molecular complexity index is 887. The van der Waals surface area contributed by atoms with Crippen molar-refractivity contribution in [2.45, 2.75) is 26.3 Å². The zero-order valence-electron chi connectivity index (χ0n) is 15.2. The summed E-state index contributed by atoms with van der Waals surface area (Å²) < 4.78 is 6.47. The Morgan fingerprint density at radius 2 is 1.89 bits per heavy atom. The number of amides is 2. The molecule has 8 heteroatoms. The van der Waals surface area contributed by atoms with Gasteiger partial charge in [0.1, 0.15) is 18.0 Å². The lowest BCUT2D eigenvalue weighted by molar-refractivity contribution is -0.117. The van der Waals surface area contributed by atoms with Crippen LogP contribution >= 0.6 is 0 Å². The van der Waals surface area contributed by atoms with Crippen LogP contribution < -0.4 is 15.6 Å². The Hall–Kier alpha value is -3.16. The second-order valence-electron chi connectivity index (χ2n) is 6.19. The van der Waals surface area contributed by atoms with Crippen LogP contribution in [0.15, 0.2) is 41.2 Å². The van der Waals surface area contributed by atoms with E-state index >= 15 is 0 Å². The van der Waals surface area contributed by atoms with E-state index in [9.17, 15) is 14.4 Å². The number of carbonyl (C=O) groups is 2. The average molecular weight is 370 g/mol. The summed E-state index contributed by atoms with van der Waals surface area (Å²) in [6.45, 7) is 3.41. The van der Waals surface area contributed by atoms with E-state index in [4.69, 9.17) is 4.74 Å². The minimum absolute atomic E-state index is 0.166. The maximum Gasteiger partial charge on any atom is 0.274 e. The fourth-order valence-corrected chi connectivity index (χ4v) is 2.94. The number of benzene rings is 1. The number of nitrogens with zero attached hydrogens (tertiary/aromatic N) is 3. The van der Waals surface area contributed by atoms with Gasteiger partial charge in [0.15, 0.2) is 0 Å². The summed E-state index contributed by atoms with van der Waals surface area (Å²) >= 11 is 0. The monoisotopic (exact) mass is 370 g/mol. The number of rotatable bonds is 6. The summed E-state index contributed by atoms with van der Waals surface area (Å²) in [6.07, 6.45) is 1.93. The lowest BCUT2D eigenvalue weighted by Gasteiger charge is -2.15. The quantitative estimate of drug-likeness (QED) is 0.832. The van der Waals surface area contributed by atoms with Crippen LogP contribution in [0.3, 0.4) is 0 Å². The number of hydrogen-bond donors (Lipinski definition) is 1. The van der Waals surface area contributed by atoms with E-state index < -0.39 is 11.5 Å². The first-order valence-electron chi connectivity index (χ1n) is 8.97.